The van der Waals surface area contributed by atoms with Crippen LogP contribution in [0.5, 0.6) is 0 Å². The van der Waals surface area contributed by atoms with Gasteiger partial charge in [0.2, 0.25) is 0 Å². The van der Waals surface area contributed by atoms with Crippen molar-refractivity contribution in [1.82, 2.24) is 9.78 Å². The summed E-state index contributed by atoms with van der Waals surface area (Å²) < 4.78 is 1.97. The fraction of sp³-hybridized carbons (Fsp3) is 0.571. The predicted octanol–water partition coefficient (Wildman–Crippen LogP) is 2.12. The normalized spacial score (nSPS) is 12.8. The first kappa shape index (κ1) is 11.5. The van der Waals surface area contributed by atoms with Crippen molar-refractivity contribution < 1.29 is 4.92 Å². The van der Waals surface area contributed by atoms with Crippen LogP contribution in [0.3, 0.4) is 0 Å². The Kier molecular flexibility index (Phi) is 3.94. The summed E-state index contributed by atoms with van der Waals surface area (Å²) in [4.78, 5) is 9.97. The third-order valence-electron chi connectivity index (χ3n) is 1.68. The second-order valence-electron chi connectivity index (χ2n) is 3.07. The molecule has 0 spiro atoms. The second-order valence-corrected chi connectivity index (χ2v) is 4.29. The Morgan fingerprint density at radius 2 is 2.50 bits per heavy atom. The molecule has 0 aromatic carbocycles. The van der Waals surface area contributed by atoms with Gasteiger partial charge in [-0.15, -0.1) is 0 Å². The van der Waals surface area contributed by atoms with Crippen molar-refractivity contribution >= 4 is 34.4 Å². The molecule has 1 heterocycles. The van der Waals surface area contributed by atoms with Crippen molar-refractivity contribution in [1.29, 1.82) is 0 Å². The molecular formula is C7H10BrN3O2S. The molecule has 1 rings (SSSR count). The lowest BCUT2D eigenvalue weighted by atomic mass is 10.2. The van der Waals surface area contributed by atoms with Gasteiger partial charge in [0.25, 0.3) is 0 Å². The second kappa shape index (κ2) is 4.79. The van der Waals surface area contributed by atoms with Gasteiger partial charge in [0.05, 0.1) is 17.8 Å². The summed E-state index contributed by atoms with van der Waals surface area (Å²) in [6, 6.07) is 0. The van der Waals surface area contributed by atoms with Crippen molar-refractivity contribution in [2.24, 2.45) is 5.92 Å². The molecule has 1 aromatic rings. The smallest absolute Gasteiger partial charge is 0.358 e. The van der Waals surface area contributed by atoms with E-state index in [4.69, 9.17) is 0 Å². The highest BCUT2D eigenvalue weighted by Crippen LogP contribution is 2.22. The SMILES string of the molecule is CC(CS)Cn1cc(Br)c([N+](=O)[O-])n1. The lowest BCUT2D eigenvalue weighted by Gasteiger charge is -2.03. The first-order valence-electron chi connectivity index (χ1n) is 4.02. The third kappa shape index (κ3) is 2.71. The van der Waals surface area contributed by atoms with E-state index < -0.39 is 4.92 Å². The average molecular weight is 280 g/mol. The monoisotopic (exact) mass is 279 g/mol. The number of halogens is 1. The fourth-order valence-corrected chi connectivity index (χ4v) is 1.56. The first-order chi connectivity index (χ1) is 6.54. The molecule has 0 aliphatic rings. The van der Waals surface area contributed by atoms with Crippen LogP contribution < -0.4 is 0 Å². The molecule has 1 unspecified atom stereocenters. The number of nitrogens with zero attached hydrogens (tertiary/aromatic N) is 3. The van der Waals surface area contributed by atoms with Crippen LogP contribution in [0.1, 0.15) is 6.92 Å². The van der Waals surface area contributed by atoms with E-state index in [0.717, 1.165) is 5.75 Å². The Morgan fingerprint density at radius 1 is 1.86 bits per heavy atom. The standard InChI is InChI=1S/C7H10BrN3O2S/c1-5(4-14)2-10-3-6(8)7(9-10)11(12)13/h3,5,14H,2,4H2,1H3. The Labute approximate surface area is 95.2 Å². The molecule has 0 aliphatic heterocycles. The zero-order valence-corrected chi connectivity index (χ0v) is 10.0. The maximum atomic E-state index is 10.5. The minimum atomic E-state index is -0.508. The highest BCUT2D eigenvalue weighted by molar-refractivity contribution is 9.10. The number of hydrogen-bond acceptors (Lipinski definition) is 4. The minimum absolute atomic E-state index is 0.142. The molecule has 5 nitrogen and oxygen atoms in total. The van der Waals surface area contributed by atoms with Gasteiger partial charge < -0.3 is 10.1 Å². The Hall–Kier alpha value is -0.560. The summed E-state index contributed by atoms with van der Waals surface area (Å²) in [5, 5.41) is 14.3. The molecule has 78 valence electrons. The molecule has 1 aromatic heterocycles. The van der Waals surface area contributed by atoms with E-state index in [1.54, 1.807) is 10.9 Å². The summed E-state index contributed by atoms with van der Waals surface area (Å²) in [5.41, 5.74) is 0. The molecule has 0 radical (unpaired) electrons. The average Bonchev–Trinajstić information content (AvgIpc) is 2.46. The quantitative estimate of drug-likeness (QED) is 0.522. The van der Waals surface area contributed by atoms with Crippen LogP contribution in [-0.2, 0) is 6.54 Å². The van der Waals surface area contributed by atoms with Gasteiger partial charge in [0.15, 0.2) is 0 Å². The van der Waals surface area contributed by atoms with Crippen molar-refractivity contribution in [2.75, 3.05) is 5.75 Å². The van der Waals surface area contributed by atoms with Crippen LogP contribution in [0.15, 0.2) is 10.7 Å². The lowest BCUT2D eigenvalue weighted by Crippen LogP contribution is -2.09. The molecule has 0 bridgehead atoms. The maximum absolute atomic E-state index is 10.5. The molecule has 0 fully saturated rings. The van der Waals surface area contributed by atoms with Crippen molar-refractivity contribution in [2.45, 2.75) is 13.5 Å². The highest BCUT2D eigenvalue weighted by Gasteiger charge is 2.19. The van der Waals surface area contributed by atoms with Crippen LogP contribution in [0.4, 0.5) is 5.82 Å². The molecule has 0 N–H and O–H groups in total. The van der Waals surface area contributed by atoms with Crippen LogP contribution in [0, 0.1) is 16.0 Å². The number of hydrogen-bond donors (Lipinski definition) is 1. The topological polar surface area (TPSA) is 61.0 Å². The van der Waals surface area contributed by atoms with E-state index in [9.17, 15) is 10.1 Å². The third-order valence-corrected chi connectivity index (χ3v) is 2.87. The van der Waals surface area contributed by atoms with Crippen LogP contribution >= 0.6 is 28.6 Å². The van der Waals surface area contributed by atoms with Gasteiger partial charge in [0.1, 0.15) is 4.47 Å². The highest BCUT2D eigenvalue weighted by atomic mass is 79.9. The van der Waals surface area contributed by atoms with Gasteiger partial charge in [-0.3, -0.25) is 0 Å². The molecule has 0 saturated heterocycles. The lowest BCUT2D eigenvalue weighted by molar-refractivity contribution is -0.390. The summed E-state index contributed by atoms with van der Waals surface area (Å²) in [6.45, 7) is 2.64. The summed E-state index contributed by atoms with van der Waals surface area (Å²) in [7, 11) is 0. The number of aromatic nitrogens is 2. The molecule has 1 atom stereocenters. The Morgan fingerprint density at radius 3 is 2.93 bits per heavy atom. The van der Waals surface area contributed by atoms with Crippen LogP contribution in [0.25, 0.3) is 0 Å². The van der Waals surface area contributed by atoms with Gasteiger partial charge in [-0.25, -0.2) is 0 Å². The van der Waals surface area contributed by atoms with E-state index >= 15 is 0 Å². The van der Waals surface area contributed by atoms with E-state index in [0.29, 0.717) is 16.9 Å². The minimum Gasteiger partial charge on any atom is -0.358 e. The molecule has 14 heavy (non-hydrogen) atoms. The van der Waals surface area contributed by atoms with E-state index in [2.05, 4.69) is 33.7 Å². The maximum Gasteiger partial charge on any atom is 0.404 e. The predicted molar refractivity (Wildman–Crippen MR) is 59.6 cm³/mol. The molecular weight excluding hydrogens is 270 g/mol. The van der Waals surface area contributed by atoms with E-state index in [1.165, 1.54) is 0 Å². The number of rotatable bonds is 4. The van der Waals surface area contributed by atoms with Crippen LogP contribution in [0.2, 0.25) is 0 Å². The number of nitro groups is 1. The summed E-state index contributed by atoms with van der Waals surface area (Å²) in [6.07, 6.45) is 1.61. The van der Waals surface area contributed by atoms with Gasteiger partial charge in [0, 0.05) is 0 Å². The first-order valence-corrected chi connectivity index (χ1v) is 5.45. The largest absolute Gasteiger partial charge is 0.404 e. The van der Waals surface area contributed by atoms with E-state index in [1.807, 2.05) is 6.92 Å². The zero-order chi connectivity index (χ0) is 10.7. The Bertz CT molecular complexity index is 342. The summed E-state index contributed by atoms with van der Waals surface area (Å²) in [5.74, 6) is 0.923. The van der Waals surface area contributed by atoms with Crippen molar-refractivity contribution in [3.05, 3.63) is 20.8 Å². The number of thiol groups is 1. The van der Waals surface area contributed by atoms with Crippen molar-refractivity contribution in [3.63, 3.8) is 0 Å². The van der Waals surface area contributed by atoms with Gasteiger partial charge in [-0.1, -0.05) is 6.92 Å². The fourth-order valence-electron chi connectivity index (χ4n) is 0.981. The van der Waals surface area contributed by atoms with Crippen LogP contribution in [-0.4, -0.2) is 20.5 Å². The van der Waals surface area contributed by atoms with Gasteiger partial charge in [-0.05, 0) is 32.5 Å². The zero-order valence-electron chi connectivity index (χ0n) is 7.55. The molecule has 0 amide bonds. The molecule has 7 heteroatoms. The van der Waals surface area contributed by atoms with Gasteiger partial charge >= 0.3 is 5.82 Å². The molecule has 0 saturated carbocycles. The molecule has 0 aliphatic carbocycles. The van der Waals surface area contributed by atoms with Crippen molar-refractivity contribution in [3.8, 4) is 0 Å². The van der Waals surface area contributed by atoms with E-state index in [-0.39, 0.29) is 5.82 Å². The van der Waals surface area contributed by atoms with Gasteiger partial charge in [-0.2, -0.15) is 17.3 Å². The summed E-state index contributed by atoms with van der Waals surface area (Å²) >= 11 is 7.22. The Balaban J connectivity index is 2.81.